The van der Waals surface area contributed by atoms with Crippen LogP contribution in [0.15, 0.2) is 40.2 Å². The van der Waals surface area contributed by atoms with E-state index in [2.05, 4.69) is 46.5 Å². The van der Waals surface area contributed by atoms with Gasteiger partial charge in [-0.05, 0) is 64.0 Å². The van der Waals surface area contributed by atoms with E-state index in [9.17, 15) is 4.39 Å². The molecule has 0 amide bonds. The number of nitrogens with one attached hydrogen (secondary N) is 1. The van der Waals surface area contributed by atoms with Gasteiger partial charge in [-0.15, -0.1) is 11.3 Å². The second-order valence-corrected chi connectivity index (χ2v) is 7.55. The summed E-state index contributed by atoms with van der Waals surface area (Å²) < 4.78 is 14.7. The van der Waals surface area contributed by atoms with Crippen LogP contribution in [-0.4, -0.2) is 13.1 Å². The summed E-state index contributed by atoms with van der Waals surface area (Å²) in [5.41, 5.74) is 1.06. The molecule has 0 radical (unpaired) electrons. The Morgan fingerprint density at radius 1 is 1.24 bits per heavy atom. The van der Waals surface area contributed by atoms with Crippen LogP contribution in [0.5, 0.6) is 0 Å². The van der Waals surface area contributed by atoms with Crippen LogP contribution in [0.4, 0.5) is 4.39 Å². The first kappa shape index (κ1) is 16.7. The lowest BCUT2D eigenvalue weighted by molar-refractivity contribution is 0.513. The maximum atomic E-state index is 13.5. The second kappa shape index (κ2) is 8.06. The number of benzene rings is 1. The highest BCUT2D eigenvalue weighted by Gasteiger charge is 2.15. The van der Waals surface area contributed by atoms with Crippen LogP contribution in [0.1, 0.15) is 30.2 Å². The summed E-state index contributed by atoms with van der Waals surface area (Å²) in [4.78, 5) is 1.32. The zero-order chi connectivity index (χ0) is 15.2. The van der Waals surface area contributed by atoms with Crippen molar-refractivity contribution in [2.45, 2.75) is 26.2 Å². The van der Waals surface area contributed by atoms with Gasteiger partial charge in [0.05, 0.1) is 0 Å². The van der Waals surface area contributed by atoms with E-state index in [0.717, 1.165) is 29.5 Å². The number of halogens is 2. The molecule has 1 heterocycles. The Balaban J connectivity index is 2.12. The molecule has 1 nitrogen and oxygen atoms in total. The van der Waals surface area contributed by atoms with Crippen LogP contribution < -0.4 is 5.32 Å². The average molecular weight is 370 g/mol. The number of thiophene rings is 1. The molecular weight excluding hydrogens is 349 g/mol. The SMILES string of the molecule is CC(C)CNCC(Cc1sccc1Br)c1cccc(F)c1. The molecule has 4 heteroatoms. The van der Waals surface area contributed by atoms with Crippen LogP contribution in [0, 0.1) is 11.7 Å². The van der Waals surface area contributed by atoms with Gasteiger partial charge in [-0.25, -0.2) is 4.39 Å². The second-order valence-electron chi connectivity index (χ2n) is 5.70. The standard InChI is InChI=1S/C17H21BrFNS/c1-12(2)10-20-11-14(9-17-16(18)6-7-21-17)13-4-3-5-15(19)8-13/h3-8,12,14,20H,9-11H2,1-2H3. The highest BCUT2D eigenvalue weighted by molar-refractivity contribution is 9.10. The molecule has 0 aliphatic carbocycles. The smallest absolute Gasteiger partial charge is 0.123 e. The minimum absolute atomic E-state index is 0.161. The monoisotopic (exact) mass is 369 g/mol. The summed E-state index contributed by atoms with van der Waals surface area (Å²) >= 11 is 5.34. The zero-order valence-corrected chi connectivity index (χ0v) is 14.8. The van der Waals surface area contributed by atoms with E-state index in [0.29, 0.717) is 5.92 Å². The summed E-state index contributed by atoms with van der Waals surface area (Å²) in [6, 6.07) is 9.05. The Morgan fingerprint density at radius 2 is 2.05 bits per heavy atom. The van der Waals surface area contributed by atoms with Gasteiger partial charge in [0.1, 0.15) is 5.82 Å². The summed E-state index contributed by atoms with van der Waals surface area (Å²) in [6.07, 6.45) is 0.923. The largest absolute Gasteiger partial charge is 0.316 e. The third-order valence-electron chi connectivity index (χ3n) is 3.39. The van der Waals surface area contributed by atoms with Crippen LogP contribution in [0.25, 0.3) is 0 Å². The van der Waals surface area contributed by atoms with Crippen molar-refractivity contribution >= 4 is 27.3 Å². The fraction of sp³-hybridized carbons (Fsp3) is 0.412. The number of rotatable bonds is 7. The lowest BCUT2D eigenvalue weighted by Gasteiger charge is -2.19. The molecule has 0 aliphatic heterocycles. The Morgan fingerprint density at radius 3 is 2.67 bits per heavy atom. The molecule has 1 aromatic heterocycles. The van der Waals surface area contributed by atoms with Crippen molar-refractivity contribution in [1.82, 2.24) is 5.32 Å². The summed E-state index contributed by atoms with van der Waals surface area (Å²) in [7, 11) is 0. The van der Waals surface area contributed by atoms with Gasteiger partial charge in [0.15, 0.2) is 0 Å². The lowest BCUT2D eigenvalue weighted by atomic mass is 9.94. The topological polar surface area (TPSA) is 12.0 Å². The summed E-state index contributed by atoms with van der Waals surface area (Å²) in [5.74, 6) is 0.743. The zero-order valence-electron chi connectivity index (χ0n) is 12.4. The highest BCUT2D eigenvalue weighted by atomic mass is 79.9. The molecule has 1 atom stereocenters. The molecule has 0 saturated carbocycles. The van der Waals surface area contributed by atoms with Crippen molar-refractivity contribution in [2.75, 3.05) is 13.1 Å². The van der Waals surface area contributed by atoms with E-state index >= 15 is 0 Å². The highest BCUT2D eigenvalue weighted by Crippen LogP contribution is 2.29. The Kier molecular flexibility index (Phi) is 6.40. The molecule has 0 saturated heterocycles. The normalized spacial score (nSPS) is 12.8. The first-order valence-electron chi connectivity index (χ1n) is 7.24. The molecule has 0 spiro atoms. The van der Waals surface area contributed by atoms with Crippen molar-refractivity contribution in [2.24, 2.45) is 5.92 Å². The molecule has 0 aliphatic rings. The maximum absolute atomic E-state index is 13.5. The molecule has 2 aromatic rings. The Hall–Kier alpha value is -0.710. The Bertz CT molecular complexity index is 567. The van der Waals surface area contributed by atoms with Crippen molar-refractivity contribution in [1.29, 1.82) is 0 Å². The third-order valence-corrected chi connectivity index (χ3v) is 5.33. The fourth-order valence-electron chi connectivity index (χ4n) is 2.31. The molecule has 0 bridgehead atoms. The van der Waals surface area contributed by atoms with E-state index < -0.39 is 0 Å². The molecule has 1 unspecified atom stereocenters. The molecule has 114 valence electrons. The van der Waals surface area contributed by atoms with Crippen LogP contribution in [-0.2, 0) is 6.42 Å². The number of hydrogen-bond acceptors (Lipinski definition) is 2. The van der Waals surface area contributed by atoms with E-state index in [4.69, 9.17) is 0 Å². The molecule has 21 heavy (non-hydrogen) atoms. The van der Waals surface area contributed by atoms with Crippen LogP contribution in [0.3, 0.4) is 0 Å². The van der Waals surface area contributed by atoms with Gasteiger partial charge in [0, 0.05) is 21.8 Å². The van der Waals surface area contributed by atoms with Gasteiger partial charge >= 0.3 is 0 Å². The minimum Gasteiger partial charge on any atom is -0.316 e. The summed E-state index contributed by atoms with van der Waals surface area (Å²) in [5, 5.41) is 5.59. The fourth-order valence-corrected chi connectivity index (χ4v) is 3.90. The molecular formula is C17H21BrFNS. The first-order valence-corrected chi connectivity index (χ1v) is 8.91. The first-order chi connectivity index (χ1) is 10.1. The van der Waals surface area contributed by atoms with Gasteiger partial charge in [0.2, 0.25) is 0 Å². The van der Waals surface area contributed by atoms with Crippen LogP contribution >= 0.6 is 27.3 Å². The molecule has 1 N–H and O–H groups in total. The van der Waals surface area contributed by atoms with E-state index in [1.807, 2.05) is 6.07 Å². The molecule has 2 rings (SSSR count). The van der Waals surface area contributed by atoms with Crippen molar-refractivity contribution in [3.63, 3.8) is 0 Å². The Labute approximate surface area is 138 Å². The van der Waals surface area contributed by atoms with E-state index in [1.165, 1.54) is 10.9 Å². The number of hydrogen-bond donors (Lipinski definition) is 1. The predicted molar refractivity (Wildman–Crippen MR) is 92.6 cm³/mol. The molecule has 0 fully saturated rings. The van der Waals surface area contributed by atoms with Crippen molar-refractivity contribution < 1.29 is 4.39 Å². The van der Waals surface area contributed by atoms with E-state index in [1.54, 1.807) is 23.5 Å². The average Bonchev–Trinajstić information content (AvgIpc) is 2.83. The van der Waals surface area contributed by atoms with E-state index in [-0.39, 0.29) is 11.7 Å². The van der Waals surface area contributed by atoms with Gasteiger partial charge < -0.3 is 5.32 Å². The third kappa shape index (κ3) is 5.20. The summed E-state index contributed by atoms with van der Waals surface area (Å²) in [6.45, 7) is 6.24. The minimum atomic E-state index is -0.161. The van der Waals surface area contributed by atoms with Gasteiger partial charge in [0.25, 0.3) is 0 Å². The van der Waals surface area contributed by atoms with Crippen molar-refractivity contribution in [3.05, 3.63) is 56.4 Å². The molecule has 1 aromatic carbocycles. The quantitative estimate of drug-likeness (QED) is 0.705. The van der Waals surface area contributed by atoms with Gasteiger partial charge in [-0.2, -0.15) is 0 Å². The van der Waals surface area contributed by atoms with Gasteiger partial charge in [-0.1, -0.05) is 26.0 Å². The van der Waals surface area contributed by atoms with Gasteiger partial charge in [-0.3, -0.25) is 0 Å². The predicted octanol–water partition coefficient (Wildman–Crippen LogP) is 5.22. The van der Waals surface area contributed by atoms with Crippen molar-refractivity contribution in [3.8, 4) is 0 Å². The van der Waals surface area contributed by atoms with Crippen LogP contribution in [0.2, 0.25) is 0 Å². The lowest BCUT2D eigenvalue weighted by Crippen LogP contribution is -2.26. The maximum Gasteiger partial charge on any atom is 0.123 e.